The third-order valence-corrected chi connectivity index (χ3v) is 6.14. The highest BCUT2D eigenvalue weighted by Gasteiger charge is 2.24. The predicted molar refractivity (Wildman–Crippen MR) is 121 cm³/mol. The molecule has 4 rings (SSSR count). The summed E-state index contributed by atoms with van der Waals surface area (Å²) in [5, 5.41) is 5.11. The minimum absolute atomic E-state index is 0.0441. The van der Waals surface area contributed by atoms with Crippen LogP contribution in [0.1, 0.15) is 23.9 Å². The molecule has 0 atom stereocenters. The minimum Gasteiger partial charge on any atom is -0.494 e. The molecule has 0 aliphatic rings. The summed E-state index contributed by atoms with van der Waals surface area (Å²) >= 11 is 1.51. The molecular weight excluding hydrogens is 396 g/mol. The van der Waals surface area contributed by atoms with Gasteiger partial charge in [0.2, 0.25) is 5.91 Å². The summed E-state index contributed by atoms with van der Waals surface area (Å²) in [6.07, 6.45) is 0.259. The van der Waals surface area contributed by atoms with Crippen molar-refractivity contribution in [2.75, 3.05) is 11.5 Å². The van der Waals surface area contributed by atoms with Crippen LogP contribution >= 0.6 is 11.3 Å². The number of para-hydroxylation sites is 1. The highest BCUT2D eigenvalue weighted by Crippen LogP contribution is 2.35. The zero-order valence-corrected chi connectivity index (χ0v) is 18.4. The fourth-order valence-corrected chi connectivity index (χ4v) is 4.48. The molecule has 0 saturated carbocycles. The van der Waals surface area contributed by atoms with E-state index in [0.29, 0.717) is 11.7 Å². The fourth-order valence-electron chi connectivity index (χ4n) is 3.48. The van der Waals surface area contributed by atoms with Gasteiger partial charge >= 0.3 is 0 Å². The van der Waals surface area contributed by atoms with Crippen molar-refractivity contribution in [1.29, 1.82) is 0 Å². The maximum Gasteiger partial charge on any atom is 0.237 e. The first-order chi connectivity index (χ1) is 14.5. The predicted octanol–water partition coefficient (Wildman–Crippen LogP) is 4.95. The molecule has 0 unspecified atom stereocenters. The number of rotatable bonds is 6. The summed E-state index contributed by atoms with van der Waals surface area (Å²) in [6, 6.07) is 15.5. The fraction of sp³-hybridized carbons (Fsp3) is 0.261. The molecule has 1 amide bonds. The lowest BCUT2D eigenvalue weighted by Gasteiger charge is -2.20. The van der Waals surface area contributed by atoms with Gasteiger partial charge in [0.1, 0.15) is 5.75 Å². The molecule has 0 spiro atoms. The maximum absolute atomic E-state index is 13.5. The number of aromatic nitrogens is 3. The number of carbonyl (C=O) groups is 1. The van der Waals surface area contributed by atoms with Gasteiger partial charge in [0.15, 0.2) is 5.13 Å². The van der Waals surface area contributed by atoms with E-state index in [-0.39, 0.29) is 12.3 Å². The molecule has 0 fully saturated rings. The van der Waals surface area contributed by atoms with Gasteiger partial charge in [-0.15, -0.1) is 0 Å². The second-order valence-corrected chi connectivity index (χ2v) is 8.08. The van der Waals surface area contributed by atoms with Crippen molar-refractivity contribution < 1.29 is 9.53 Å². The van der Waals surface area contributed by atoms with E-state index >= 15 is 0 Å². The molecule has 0 aliphatic heterocycles. The van der Waals surface area contributed by atoms with E-state index in [9.17, 15) is 4.79 Å². The zero-order chi connectivity index (χ0) is 21.3. The van der Waals surface area contributed by atoms with E-state index in [1.54, 1.807) is 4.90 Å². The van der Waals surface area contributed by atoms with E-state index in [1.807, 2.05) is 81.0 Å². The molecular formula is C23H24N4O2S. The lowest BCUT2D eigenvalue weighted by atomic mass is 10.1. The summed E-state index contributed by atoms with van der Waals surface area (Å²) in [5.74, 6) is 0.731. The average Bonchev–Trinajstić information content (AvgIpc) is 3.25. The molecule has 4 aromatic rings. The molecule has 0 aliphatic carbocycles. The lowest BCUT2D eigenvalue weighted by molar-refractivity contribution is -0.117. The van der Waals surface area contributed by atoms with E-state index in [4.69, 9.17) is 9.72 Å². The Hall–Kier alpha value is -3.19. The van der Waals surface area contributed by atoms with Crippen molar-refractivity contribution in [3.63, 3.8) is 0 Å². The first kappa shape index (κ1) is 20.1. The first-order valence-electron chi connectivity index (χ1n) is 9.88. The van der Waals surface area contributed by atoms with E-state index in [2.05, 4.69) is 5.10 Å². The van der Waals surface area contributed by atoms with Crippen LogP contribution in [0.4, 0.5) is 10.8 Å². The molecule has 0 radical (unpaired) electrons. The summed E-state index contributed by atoms with van der Waals surface area (Å²) in [7, 11) is 1.90. The van der Waals surface area contributed by atoms with Crippen LogP contribution in [0.3, 0.4) is 0 Å². The SMILES string of the molecule is CCOc1ccc(N(C(=O)Cc2c(C)nn(C)c2C)c2nc3ccccc3s2)cc1. The number of anilines is 2. The molecule has 6 nitrogen and oxygen atoms in total. The summed E-state index contributed by atoms with van der Waals surface area (Å²) < 4.78 is 8.42. The second kappa shape index (κ2) is 8.28. The number of aryl methyl sites for hydroxylation is 2. The van der Waals surface area contributed by atoms with Crippen LogP contribution in [-0.4, -0.2) is 27.3 Å². The van der Waals surface area contributed by atoms with Gasteiger partial charge in [0.25, 0.3) is 0 Å². The molecule has 154 valence electrons. The molecule has 30 heavy (non-hydrogen) atoms. The number of hydrogen-bond donors (Lipinski definition) is 0. The molecule has 0 N–H and O–H groups in total. The molecule has 2 aromatic heterocycles. The third-order valence-electron chi connectivity index (χ3n) is 5.12. The highest BCUT2D eigenvalue weighted by molar-refractivity contribution is 7.22. The Balaban J connectivity index is 1.75. The summed E-state index contributed by atoms with van der Waals surface area (Å²) in [6.45, 7) is 6.47. The number of ether oxygens (including phenoxy) is 1. The van der Waals surface area contributed by atoms with Crippen LogP contribution in [0, 0.1) is 13.8 Å². The van der Waals surface area contributed by atoms with Gasteiger partial charge in [-0.05, 0) is 57.2 Å². The van der Waals surface area contributed by atoms with Crippen LogP contribution in [-0.2, 0) is 18.3 Å². The van der Waals surface area contributed by atoms with Crippen LogP contribution in [0.25, 0.3) is 10.2 Å². The lowest BCUT2D eigenvalue weighted by Crippen LogP contribution is -2.27. The largest absolute Gasteiger partial charge is 0.494 e. The standard InChI is InChI=1S/C23H24N4O2S/c1-5-29-18-12-10-17(11-13-18)27(23-24-20-8-6-7-9-21(20)30-23)22(28)14-19-15(2)25-26(4)16(19)3/h6-13H,5,14H2,1-4H3. The van der Waals surface area contributed by atoms with E-state index in [1.165, 1.54) is 11.3 Å². The van der Waals surface area contributed by atoms with E-state index in [0.717, 1.165) is 38.6 Å². The molecule has 2 heterocycles. The van der Waals surface area contributed by atoms with E-state index < -0.39 is 0 Å². The molecule has 7 heteroatoms. The number of fused-ring (bicyclic) bond motifs is 1. The van der Waals surface area contributed by atoms with Gasteiger partial charge in [0.05, 0.1) is 34.6 Å². The monoisotopic (exact) mass is 420 g/mol. The van der Waals surface area contributed by atoms with Crippen molar-refractivity contribution in [2.24, 2.45) is 7.05 Å². The third kappa shape index (κ3) is 3.80. The van der Waals surface area contributed by atoms with Crippen LogP contribution < -0.4 is 9.64 Å². The molecule has 2 aromatic carbocycles. The van der Waals surface area contributed by atoms with Gasteiger partial charge in [-0.25, -0.2) is 4.98 Å². The van der Waals surface area contributed by atoms with Gasteiger partial charge < -0.3 is 4.74 Å². The number of amides is 1. The quantitative estimate of drug-likeness (QED) is 0.443. The maximum atomic E-state index is 13.5. The van der Waals surface area contributed by atoms with Gasteiger partial charge in [-0.3, -0.25) is 14.4 Å². The van der Waals surface area contributed by atoms with Gasteiger partial charge in [0, 0.05) is 18.3 Å². The summed E-state index contributed by atoms with van der Waals surface area (Å²) in [5.41, 5.74) is 4.48. The first-order valence-corrected chi connectivity index (χ1v) is 10.7. The van der Waals surface area contributed by atoms with Gasteiger partial charge in [-0.1, -0.05) is 23.5 Å². The van der Waals surface area contributed by atoms with Crippen molar-refractivity contribution in [1.82, 2.24) is 14.8 Å². The Morgan fingerprint density at radius 1 is 1.13 bits per heavy atom. The summed E-state index contributed by atoms with van der Waals surface area (Å²) in [4.78, 5) is 20.0. The molecule has 0 bridgehead atoms. The van der Waals surface area contributed by atoms with Crippen molar-refractivity contribution in [3.05, 3.63) is 65.5 Å². The average molecular weight is 421 g/mol. The Morgan fingerprint density at radius 2 is 1.87 bits per heavy atom. The Labute approximate surface area is 179 Å². The second-order valence-electron chi connectivity index (χ2n) is 7.07. The number of hydrogen-bond acceptors (Lipinski definition) is 5. The molecule has 0 saturated heterocycles. The Bertz CT molecular complexity index is 1160. The highest BCUT2D eigenvalue weighted by atomic mass is 32.1. The van der Waals surface area contributed by atoms with Crippen LogP contribution in [0.2, 0.25) is 0 Å². The zero-order valence-electron chi connectivity index (χ0n) is 17.5. The Kier molecular flexibility index (Phi) is 5.55. The topological polar surface area (TPSA) is 60.2 Å². The van der Waals surface area contributed by atoms with Crippen molar-refractivity contribution >= 4 is 38.3 Å². The van der Waals surface area contributed by atoms with Crippen LogP contribution in [0.5, 0.6) is 5.75 Å². The minimum atomic E-state index is -0.0441. The number of benzene rings is 2. The van der Waals surface area contributed by atoms with Gasteiger partial charge in [-0.2, -0.15) is 5.10 Å². The number of thiazole rings is 1. The van der Waals surface area contributed by atoms with Crippen LogP contribution in [0.15, 0.2) is 48.5 Å². The normalized spacial score (nSPS) is 11.1. The number of nitrogens with zero attached hydrogens (tertiary/aromatic N) is 4. The Morgan fingerprint density at radius 3 is 2.50 bits per heavy atom. The number of carbonyl (C=O) groups excluding carboxylic acids is 1. The smallest absolute Gasteiger partial charge is 0.237 e. The van der Waals surface area contributed by atoms with Crippen molar-refractivity contribution in [2.45, 2.75) is 27.2 Å². The van der Waals surface area contributed by atoms with Crippen molar-refractivity contribution in [3.8, 4) is 5.75 Å².